The topological polar surface area (TPSA) is 86.1 Å². The number of carbonyl (C=O) groups is 2. The number of aromatic nitrogens is 3. The zero-order valence-corrected chi connectivity index (χ0v) is 21.5. The van der Waals surface area contributed by atoms with E-state index in [1.807, 2.05) is 71.6 Å². The van der Waals surface area contributed by atoms with Crippen molar-refractivity contribution in [3.05, 3.63) is 82.0 Å². The highest BCUT2D eigenvalue weighted by Gasteiger charge is 2.23. The van der Waals surface area contributed by atoms with E-state index in [0.717, 1.165) is 22.5 Å². The number of carbonyl (C=O) groups excluding carboxylic acids is 2. The first-order valence-corrected chi connectivity index (χ1v) is 13.1. The number of benzene rings is 2. The maximum absolute atomic E-state index is 12.8. The molecule has 0 fully saturated rings. The molecule has 35 heavy (non-hydrogen) atoms. The quantitative estimate of drug-likeness (QED) is 0.222. The average molecular weight is 527 g/mol. The fraction of sp³-hybridized carbons (Fsp3) is 0.200. The summed E-state index contributed by atoms with van der Waals surface area (Å²) in [4.78, 5) is 25.5. The Morgan fingerprint density at radius 2 is 1.86 bits per heavy atom. The number of thiophene rings is 1. The van der Waals surface area contributed by atoms with Gasteiger partial charge in [0.25, 0.3) is 0 Å². The molecule has 0 radical (unpaired) electrons. The van der Waals surface area contributed by atoms with Gasteiger partial charge in [-0.1, -0.05) is 65.8 Å². The minimum atomic E-state index is -0.462. The first kappa shape index (κ1) is 25.0. The molecule has 0 aliphatic rings. The van der Waals surface area contributed by atoms with Gasteiger partial charge in [-0.05, 0) is 30.2 Å². The predicted octanol–water partition coefficient (Wildman–Crippen LogP) is 5.70. The molecule has 0 saturated heterocycles. The van der Waals surface area contributed by atoms with Gasteiger partial charge in [-0.15, -0.1) is 21.5 Å². The zero-order chi connectivity index (χ0) is 24.8. The molecule has 1 N–H and O–H groups in total. The van der Waals surface area contributed by atoms with Crippen LogP contribution in [0.25, 0.3) is 11.1 Å². The van der Waals surface area contributed by atoms with Crippen LogP contribution in [0.1, 0.15) is 28.7 Å². The van der Waals surface area contributed by atoms with E-state index in [1.54, 1.807) is 6.92 Å². The summed E-state index contributed by atoms with van der Waals surface area (Å²) in [6, 6.07) is 17.1. The number of nitrogens with zero attached hydrogens (tertiary/aromatic N) is 3. The van der Waals surface area contributed by atoms with E-state index in [9.17, 15) is 9.59 Å². The minimum Gasteiger partial charge on any atom is -0.462 e. The van der Waals surface area contributed by atoms with Gasteiger partial charge in [0.2, 0.25) is 5.91 Å². The first-order valence-electron chi connectivity index (χ1n) is 10.9. The normalized spacial score (nSPS) is 10.8. The number of esters is 1. The van der Waals surface area contributed by atoms with Crippen LogP contribution in [0.15, 0.2) is 65.1 Å². The summed E-state index contributed by atoms with van der Waals surface area (Å²) in [5.41, 5.74) is 3.05. The molecule has 0 bridgehead atoms. The van der Waals surface area contributed by atoms with Crippen LogP contribution in [0.5, 0.6) is 0 Å². The molecular formula is C25H23ClN4O3S2. The highest BCUT2D eigenvalue weighted by molar-refractivity contribution is 7.99. The summed E-state index contributed by atoms with van der Waals surface area (Å²) >= 11 is 8.54. The van der Waals surface area contributed by atoms with Crippen molar-refractivity contribution < 1.29 is 14.3 Å². The van der Waals surface area contributed by atoms with Crippen LogP contribution in [-0.2, 0) is 23.0 Å². The Labute approximate surface area is 216 Å². The van der Waals surface area contributed by atoms with E-state index >= 15 is 0 Å². The fourth-order valence-corrected chi connectivity index (χ4v) is 5.22. The van der Waals surface area contributed by atoms with Crippen molar-refractivity contribution in [2.24, 2.45) is 7.05 Å². The number of ether oxygens (including phenoxy) is 1. The van der Waals surface area contributed by atoms with Gasteiger partial charge >= 0.3 is 5.97 Å². The van der Waals surface area contributed by atoms with Gasteiger partial charge in [0, 0.05) is 29.4 Å². The molecule has 0 aliphatic heterocycles. The molecule has 10 heteroatoms. The second-order valence-corrected chi connectivity index (χ2v) is 9.80. The predicted molar refractivity (Wildman–Crippen MR) is 140 cm³/mol. The van der Waals surface area contributed by atoms with Crippen molar-refractivity contribution in [3.8, 4) is 11.1 Å². The van der Waals surface area contributed by atoms with Crippen molar-refractivity contribution >= 4 is 51.6 Å². The highest BCUT2D eigenvalue weighted by atomic mass is 35.5. The van der Waals surface area contributed by atoms with Crippen LogP contribution in [0, 0.1) is 0 Å². The molecular weight excluding hydrogens is 504 g/mol. The van der Waals surface area contributed by atoms with Gasteiger partial charge in [-0.2, -0.15) is 0 Å². The number of halogens is 1. The van der Waals surface area contributed by atoms with Crippen LogP contribution in [0.3, 0.4) is 0 Å². The Morgan fingerprint density at radius 1 is 1.11 bits per heavy atom. The Balaban J connectivity index is 1.44. The third kappa shape index (κ3) is 6.11. The number of amides is 1. The molecule has 0 unspecified atom stereocenters. The van der Waals surface area contributed by atoms with Crippen molar-refractivity contribution in [1.29, 1.82) is 0 Å². The van der Waals surface area contributed by atoms with Crippen LogP contribution >= 0.6 is 34.7 Å². The van der Waals surface area contributed by atoms with Crippen molar-refractivity contribution in [2.75, 3.05) is 17.7 Å². The lowest BCUT2D eigenvalue weighted by Crippen LogP contribution is -2.16. The molecule has 0 spiro atoms. The average Bonchev–Trinajstić information content (AvgIpc) is 3.43. The minimum absolute atomic E-state index is 0.119. The summed E-state index contributed by atoms with van der Waals surface area (Å²) in [5, 5.41) is 15.0. The second kappa shape index (κ2) is 11.5. The molecule has 2 heterocycles. The standard InChI is InChI=1S/C25H23ClN4O3S2/c1-3-33-24(32)22-19(17-7-5-4-6-8-17)14-34-23(22)27-21(31)15-35-25-29-28-20(30(25)2)13-16-9-11-18(26)12-10-16/h4-12,14H,3,13,15H2,1-2H3,(H,27,31). The lowest BCUT2D eigenvalue weighted by molar-refractivity contribution is -0.113. The Morgan fingerprint density at radius 3 is 2.57 bits per heavy atom. The Kier molecular flexibility index (Phi) is 8.22. The highest BCUT2D eigenvalue weighted by Crippen LogP contribution is 2.36. The molecule has 7 nitrogen and oxygen atoms in total. The van der Waals surface area contributed by atoms with E-state index < -0.39 is 5.97 Å². The van der Waals surface area contributed by atoms with E-state index in [4.69, 9.17) is 16.3 Å². The maximum atomic E-state index is 12.8. The Bertz CT molecular complexity index is 1320. The van der Waals surface area contributed by atoms with E-state index in [1.165, 1.54) is 23.1 Å². The maximum Gasteiger partial charge on any atom is 0.341 e. The van der Waals surface area contributed by atoms with Gasteiger partial charge in [0.05, 0.1) is 12.4 Å². The summed E-state index contributed by atoms with van der Waals surface area (Å²) in [5.74, 6) is 0.193. The van der Waals surface area contributed by atoms with E-state index in [2.05, 4.69) is 15.5 Å². The number of thioether (sulfide) groups is 1. The molecule has 2 aromatic heterocycles. The summed E-state index contributed by atoms with van der Waals surface area (Å²) < 4.78 is 7.13. The largest absolute Gasteiger partial charge is 0.462 e. The molecule has 0 aliphatic carbocycles. The van der Waals surface area contributed by atoms with Gasteiger partial charge in [0.1, 0.15) is 16.4 Å². The SMILES string of the molecule is CCOC(=O)c1c(-c2ccccc2)csc1NC(=O)CSc1nnc(Cc2ccc(Cl)cc2)n1C. The molecule has 1 amide bonds. The number of anilines is 1. The smallest absolute Gasteiger partial charge is 0.341 e. The summed E-state index contributed by atoms with van der Waals surface area (Å²) in [6.07, 6.45) is 0.605. The third-order valence-electron chi connectivity index (χ3n) is 5.14. The lowest BCUT2D eigenvalue weighted by Gasteiger charge is -2.09. The van der Waals surface area contributed by atoms with Crippen molar-refractivity contribution in [1.82, 2.24) is 14.8 Å². The van der Waals surface area contributed by atoms with Crippen molar-refractivity contribution in [3.63, 3.8) is 0 Å². The number of hydrogen-bond acceptors (Lipinski definition) is 7. The third-order valence-corrected chi connectivity index (χ3v) is 7.31. The molecule has 0 atom stereocenters. The number of rotatable bonds is 9. The van der Waals surface area contributed by atoms with Crippen LogP contribution in [0.4, 0.5) is 5.00 Å². The molecule has 180 valence electrons. The van der Waals surface area contributed by atoms with Gasteiger partial charge in [0.15, 0.2) is 5.16 Å². The summed E-state index contributed by atoms with van der Waals surface area (Å²) in [6.45, 7) is 2.00. The lowest BCUT2D eigenvalue weighted by atomic mass is 10.0. The zero-order valence-electron chi connectivity index (χ0n) is 19.2. The molecule has 4 aromatic rings. The second-order valence-electron chi connectivity index (χ2n) is 7.54. The summed E-state index contributed by atoms with van der Waals surface area (Å²) in [7, 11) is 1.87. The first-order chi connectivity index (χ1) is 17.0. The van der Waals surface area contributed by atoms with E-state index in [-0.39, 0.29) is 18.3 Å². The number of nitrogens with one attached hydrogen (secondary N) is 1. The number of hydrogen-bond donors (Lipinski definition) is 1. The molecule has 2 aromatic carbocycles. The van der Waals surface area contributed by atoms with Gasteiger partial charge < -0.3 is 14.6 Å². The van der Waals surface area contributed by atoms with Crippen LogP contribution in [0.2, 0.25) is 5.02 Å². The van der Waals surface area contributed by atoms with Gasteiger partial charge in [-0.25, -0.2) is 4.79 Å². The monoisotopic (exact) mass is 526 g/mol. The molecule has 4 rings (SSSR count). The van der Waals surface area contributed by atoms with E-state index in [0.29, 0.717) is 27.2 Å². The molecule has 0 saturated carbocycles. The fourth-order valence-electron chi connectivity index (χ4n) is 3.39. The van der Waals surface area contributed by atoms with Crippen molar-refractivity contribution in [2.45, 2.75) is 18.5 Å². The van der Waals surface area contributed by atoms with Crippen LogP contribution < -0.4 is 5.32 Å². The van der Waals surface area contributed by atoms with Gasteiger partial charge in [-0.3, -0.25) is 4.79 Å². The Hall–Kier alpha value is -3.14. The van der Waals surface area contributed by atoms with Crippen LogP contribution in [-0.4, -0.2) is 39.0 Å².